The van der Waals surface area contributed by atoms with Crippen LogP contribution in [0.15, 0.2) is 47.3 Å². The SMILES string of the molecule is Cc1ccc(C)c(/C=C\c2nc3ccccc3c(=O)[nH]2)c1. The highest BCUT2D eigenvalue weighted by molar-refractivity contribution is 5.79. The number of H-pyrrole nitrogens is 1. The molecule has 3 nitrogen and oxygen atoms in total. The quantitative estimate of drug-likeness (QED) is 0.775. The fourth-order valence-corrected chi connectivity index (χ4v) is 2.29. The molecular weight excluding hydrogens is 260 g/mol. The Hall–Kier alpha value is -2.68. The maximum atomic E-state index is 12.0. The highest BCUT2D eigenvalue weighted by Gasteiger charge is 2.01. The van der Waals surface area contributed by atoms with Gasteiger partial charge in [0, 0.05) is 0 Å². The first-order valence-corrected chi connectivity index (χ1v) is 6.88. The Balaban J connectivity index is 2.03. The van der Waals surface area contributed by atoms with E-state index in [0.717, 1.165) is 5.56 Å². The minimum absolute atomic E-state index is 0.110. The first-order chi connectivity index (χ1) is 10.1. The van der Waals surface area contributed by atoms with Crippen LogP contribution in [0.4, 0.5) is 0 Å². The standard InChI is InChI=1S/C18H16N2O/c1-12-7-8-13(2)14(11-12)9-10-17-19-16-6-4-3-5-15(16)18(21)20-17/h3-11H,1-2H3,(H,19,20,21)/b10-9-. The molecule has 0 aliphatic carbocycles. The van der Waals surface area contributed by atoms with Crippen LogP contribution in [0.25, 0.3) is 23.1 Å². The molecule has 3 rings (SSSR count). The molecule has 0 bridgehead atoms. The van der Waals surface area contributed by atoms with Gasteiger partial charge in [0.25, 0.3) is 5.56 Å². The Morgan fingerprint density at radius 2 is 1.86 bits per heavy atom. The van der Waals surface area contributed by atoms with Crippen molar-refractivity contribution in [3.8, 4) is 0 Å². The maximum absolute atomic E-state index is 12.0. The molecule has 0 aliphatic rings. The number of benzene rings is 2. The van der Waals surface area contributed by atoms with E-state index in [1.807, 2.05) is 30.4 Å². The average molecular weight is 276 g/mol. The second-order valence-corrected chi connectivity index (χ2v) is 5.16. The molecule has 0 saturated carbocycles. The van der Waals surface area contributed by atoms with Crippen molar-refractivity contribution in [3.05, 3.63) is 75.3 Å². The molecule has 0 radical (unpaired) electrons. The molecule has 104 valence electrons. The van der Waals surface area contributed by atoms with Crippen molar-refractivity contribution in [2.75, 3.05) is 0 Å². The van der Waals surface area contributed by atoms with Crippen LogP contribution in [-0.4, -0.2) is 9.97 Å². The van der Waals surface area contributed by atoms with Gasteiger partial charge >= 0.3 is 0 Å². The topological polar surface area (TPSA) is 45.8 Å². The molecule has 0 fully saturated rings. The van der Waals surface area contributed by atoms with Crippen molar-refractivity contribution >= 4 is 23.1 Å². The molecule has 3 heteroatoms. The van der Waals surface area contributed by atoms with Crippen molar-refractivity contribution < 1.29 is 0 Å². The summed E-state index contributed by atoms with van der Waals surface area (Å²) in [7, 11) is 0. The zero-order valence-electron chi connectivity index (χ0n) is 12.1. The smallest absolute Gasteiger partial charge is 0.259 e. The minimum Gasteiger partial charge on any atom is -0.306 e. The number of para-hydroxylation sites is 1. The van der Waals surface area contributed by atoms with Crippen LogP contribution >= 0.6 is 0 Å². The van der Waals surface area contributed by atoms with Crippen LogP contribution in [0, 0.1) is 13.8 Å². The molecule has 1 N–H and O–H groups in total. The molecule has 3 aromatic rings. The molecular formula is C18H16N2O. The highest BCUT2D eigenvalue weighted by Crippen LogP contribution is 2.14. The van der Waals surface area contributed by atoms with Crippen molar-refractivity contribution in [2.45, 2.75) is 13.8 Å². The Morgan fingerprint density at radius 1 is 1.05 bits per heavy atom. The number of hydrogen-bond donors (Lipinski definition) is 1. The van der Waals surface area contributed by atoms with Gasteiger partial charge in [0.05, 0.1) is 10.9 Å². The van der Waals surface area contributed by atoms with E-state index in [2.05, 4.69) is 42.0 Å². The summed E-state index contributed by atoms with van der Waals surface area (Å²) >= 11 is 0. The van der Waals surface area contributed by atoms with E-state index in [9.17, 15) is 4.79 Å². The molecule has 1 aromatic heterocycles. The average Bonchev–Trinajstić information content (AvgIpc) is 2.48. The predicted molar refractivity (Wildman–Crippen MR) is 87.2 cm³/mol. The van der Waals surface area contributed by atoms with Gasteiger partial charge in [-0.05, 0) is 43.2 Å². The van der Waals surface area contributed by atoms with E-state index >= 15 is 0 Å². The van der Waals surface area contributed by atoms with Gasteiger partial charge in [-0.15, -0.1) is 0 Å². The van der Waals surface area contributed by atoms with Crippen molar-refractivity contribution in [3.63, 3.8) is 0 Å². The number of aromatic nitrogens is 2. The van der Waals surface area contributed by atoms with Crippen LogP contribution in [0.1, 0.15) is 22.5 Å². The fraction of sp³-hybridized carbons (Fsp3) is 0.111. The van der Waals surface area contributed by atoms with Crippen molar-refractivity contribution in [2.24, 2.45) is 0 Å². The molecule has 21 heavy (non-hydrogen) atoms. The number of aryl methyl sites for hydroxylation is 2. The normalized spacial score (nSPS) is 11.3. The van der Waals surface area contributed by atoms with Crippen LogP contribution in [0.3, 0.4) is 0 Å². The Kier molecular flexibility index (Phi) is 3.40. The van der Waals surface area contributed by atoms with Crippen LogP contribution in [0.2, 0.25) is 0 Å². The lowest BCUT2D eigenvalue weighted by atomic mass is 10.1. The second-order valence-electron chi connectivity index (χ2n) is 5.16. The summed E-state index contributed by atoms with van der Waals surface area (Å²) < 4.78 is 0. The summed E-state index contributed by atoms with van der Waals surface area (Å²) in [4.78, 5) is 19.3. The van der Waals surface area contributed by atoms with Crippen LogP contribution < -0.4 is 5.56 Å². The van der Waals surface area contributed by atoms with E-state index in [-0.39, 0.29) is 5.56 Å². The lowest BCUT2D eigenvalue weighted by molar-refractivity contribution is 1.14. The van der Waals surface area contributed by atoms with Gasteiger partial charge in [0.15, 0.2) is 0 Å². The van der Waals surface area contributed by atoms with Crippen molar-refractivity contribution in [1.29, 1.82) is 0 Å². The van der Waals surface area contributed by atoms with E-state index in [1.54, 1.807) is 6.07 Å². The maximum Gasteiger partial charge on any atom is 0.259 e. The monoisotopic (exact) mass is 276 g/mol. The van der Waals surface area contributed by atoms with Crippen molar-refractivity contribution in [1.82, 2.24) is 9.97 Å². The number of aromatic amines is 1. The summed E-state index contributed by atoms with van der Waals surface area (Å²) in [6, 6.07) is 13.6. The second kappa shape index (κ2) is 5.37. The minimum atomic E-state index is -0.110. The zero-order valence-corrected chi connectivity index (χ0v) is 12.1. The lowest BCUT2D eigenvalue weighted by Crippen LogP contribution is -2.09. The van der Waals surface area contributed by atoms with Gasteiger partial charge in [-0.2, -0.15) is 0 Å². The van der Waals surface area contributed by atoms with E-state index in [0.29, 0.717) is 16.7 Å². The molecule has 0 aliphatic heterocycles. The van der Waals surface area contributed by atoms with Gasteiger partial charge in [0.1, 0.15) is 5.82 Å². The third-order valence-electron chi connectivity index (χ3n) is 3.49. The summed E-state index contributed by atoms with van der Waals surface area (Å²) in [5, 5.41) is 0.612. The Labute approximate surface area is 123 Å². The van der Waals surface area contributed by atoms with Gasteiger partial charge in [-0.25, -0.2) is 4.98 Å². The molecule has 0 spiro atoms. The zero-order chi connectivity index (χ0) is 14.8. The third kappa shape index (κ3) is 2.77. The molecule has 0 amide bonds. The number of nitrogens with zero attached hydrogens (tertiary/aromatic N) is 1. The number of nitrogens with one attached hydrogen (secondary N) is 1. The largest absolute Gasteiger partial charge is 0.306 e. The van der Waals surface area contributed by atoms with E-state index < -0.39 is 0 Å². The number of fused-ring (bicyclic) bond motifs is 1. The van der Waals surface area contributed by atoms with Gasteiger partial charge in [-0.1, -0.05) is 42.0 Å². The summed E-state index contributed by atoms with van der Waals surface area (Å²) in [6.45, 7) is 4.13. The van der Waals surface area contributed by atoms with E-state index in [1.165, 1.54) is 11.1 Å². The third-order valence-corrected chi connectivity index (χ3v) is 3.49. The highest BCUT2D eigenvalue weighted by atomic mass is 16.1. The Morgan fingerprint density at radius 3 is 2.71 bits per heavy atom. The fourth-order valence-electron chi connectivity index (χ4n) is 2.29. The molecule has 0 saturated heterocycles. The van der Waals surface area contributed by atoms with Gasteiger partial charge in [-0.3, -0.25) is 4.79 Å². The van der Waals surface area contributed by atoms with Crippen LogP contribution in [-0.2, 0) is 0 Å². The summed E-state index contributed by atoms with van der Waals surface area (Å²) in [6.07, 6.45) is 3.82. The Bertz CT molecular complexity index is 891. The first kappa shape index (κ1) is 13.3. The van der Waals surface area contributed by atoms with E-state index in [4.69, 9.17) is 0 Å². The molecule has 0 unspecified atom stereocenters. The van der Waals surface area contributed by atoms with Gasteiger partial charge in [0.2, 0.25) is 0 Å². The predicted octanol–water partition coefficient (Wildman–Crippen LogP) is 3.71. The molecule has 2 aromatic carbocycles. The molecule has 1 heterocycles. The van der Waals surface area contributed by atoms with Crippen LogP contribution in [0.5, 0.6) is 0 Å². The summed E-state index contributed by atoms with van der Waals surface area (Å²) in [5.74, 6) is 0.569. The first-order valence-electron chi connectivity index (χ1n) is 6.88. The number of rotatable bonds is 2. The van der Waals surface area contributed by atoms with Gasteiger partial charge < -0.3 is 4.98 Å². The number of hydrogen-bond acceptors (Lipinski definition) is 2. The lowest BCUT2D eigenvalue weighted by Gasteiger charge is -2.02. The molecule has 0 atom stereocenters. The summed E-state index contributed by atoms with van der Waals surface area (Å²) in [5.41, 5.74) is 4.13.